The summed E-state index contributed by atoms with van der Waals surface area (Å²) in [7, 11) is 2.89. The second kappa shape index (κ2) is 6.76. The number of anilines is 1. The number of hydrogen-bond donors (Lipinski definition) is 1. The maximum absolute atomic E-state index is 12.3. The minimum Gasteiger partial charge on any atom is -0.497 e. The van der Waals surface area contributed by atoms with Crippen LogP contribution >= 0.6 is 11.3 Å². The molecule has 0 spiro atoms. The highest BCUT2D eigenvalue weighted by Crippen LogP contribution is 2.27. The fraction of sp³-hybridized carbons (Fsp3) is 0.176. The first-order valence-corrected chi connectivity index (χ1v) is 8.00. The lowest BCUT2D eigenvalue weighted by Gasteiger charge is -2.05. The number of rotatable bonds is 5. The van der Waals surface area contributed by atoms with Gasteiger partial charge in [0.25, 0.3) is 0 Å². The molecule has 124 valence electrons. The van der Waals surface area contributed by atoms with Gasteiger partial charge in [-0.1, -0.05) is 0 Å². The van der Waals surface area contributed by atoms with E-state index < -0.39 is 5.97 Å². The van der Waals surface area contributed by atoms with Crippen LogP contribution in [0.2, 0.25) is 0 Å². The van der Waals surface area contributed by atoms with Crippen molar-refractivity contribution in [1.29, 1.82) is 0 Å². The maximum Gasteiger partial charge on any atom is 0.350 e. The highest BCUT2D eigenvalue weighted by Gasteiger charge is 2.17. The highest BCUT2D eigenvalue weighted by atomic mass is 32.1. The van der Waals surface area contributed by atoms with E-state index in [-0.39, 0.29) is 12.3 Å². The van der Waals surface area contributed by atoms with Crippen LogP contribution in [0.25, 0.3) is 11.0 Å². The van der Waals surface area contributed by atoms with Gasteiger partial charge in [-0.2, -0.15) is 0 Å². The average molecular weight is 345 g/mol. The molecule has 24 heavy (non-hydrogen) atoms. The first-order chi connectivity index (χ1) is 11.6. The summed E-state index contributed by atoms with van der Waals surface area (Å²) in [5.74, 6) is -0.0212. The molecule has 0 atom stereocenters. The van der Waals surface area contributed by atoms with Crippen LogP contribution in [0.15, 0.2) is 40.3 Å². The number of methoxy groups -OCH3 is 2. The molecule has 0 bridgehead atoms. The van der Waals surface area contributed by atoms with Crippen molar-refractivity contribution in [1.82, 2.24) is 0 Å². The molecule has 7 heteroatoms. The number of hydrogen-bond acceptors (Lipinski definition) is 6. The van der Waals surface area contributed by atoms with E-state index >= 15 is 0 Å². The fourth-order valence-electron chi connectivity index (χ4n) is 2.35. The summed E-state index contributed by atoms with van der Waals surface area (Å²) in [6, 6.07) is 7.11. The number of amides is 1. The largest absolute Gasteiger partial charge is 0.497 e. The minimum atomic E-state index is -0.471. The third-order valence-electron chi connectivity index (χ3n) is 3.52. The molecular formula is C17H15NO5S. The number of nitrogens with one attached hydrogen (secondary N) is 1. The first kappa shape index (κ1) is 16.1. The van der Waals surface area contributed by atoms with Gasteiger partial charge in [0.15, 0.2) is 0 Å². The lowest BCUT2D eigenvalue weighted by atomic mass is 10.1. The quantitative estimate of drug-likeness (QED) is 0.717. The summed E-state index contributed by atoms with van der Waals surface area (Å²) < 4.78 is 15.3. The van der Waals surface area contributed by atoms with Gasteiger partial charge in [0, 0.05) is 17.0 Å². The van der Waals surface area contributed by atoms with Crippen molar-refractivity contribution in [3.8, 4) is 5.75 Å². The van der Waals surface area contributed by atoms with E-state index in [0.717, 1.165) is 10.9 Å². The lowest BCUT2D eigenvalue weighted by molar-refractivity contribution is -0.115. The topological polar surface area (TPSA) is 77.8 Å². The van der Waals surface area contributed by atoms with Crippen LogP contribution in [0.5, 0.6) is 5.75 Å². The summed E-state index contributed by atoms with van der Waals surface area (Å²) in [6.07, 6.45) is 1.69. The van der Waals surface area contributed by atoms with Gasteiger partial charge in [-0.15, -0.1) is 11.3 Å². The second-order valence-electron chi connectivity index (χ2n) is 5.00. The molecule has 1 N–H and O–H groups in total. The van der Waals surface area contributed by atoms with Crippen LogP contribution in [0.3, 0.4) is 0 Å². The molecule has 0 fully saturated rings. The Morgan fingerprint density at radius 3 is 2.83 bits per heavy atom. The van der Waals surface area contributed by atoms with E-state index in [4.69, 9.17) is 13.9 Å². The van der Waals surface area contributed by atoms with Gasteiger partial charge in [0.05, 0.1) is 32.6 Å². The molecular weight excluding hydrogens is 330 g/mol. The molecule has 2 heterocycles. The Morgan fingerprint density at radius 1 is 1.25 bits per heavy atom. The third kappa shape index (κ3) is 3.11. The summed E-state index contributed by atoms with van der Waals surface area (Å²) >= 11 is 1.22. The number of fused-ring (bicyclic) bond motifs is 1. The van der Waals surface area contributed by atoms with E-state index in [9.17, 15) is 9.59 Å². The van der Waals surface area contributed by atoms with Gasteiger partial charge in [0.2, 0.25) is 5.91 Å². The molecule has 6 nitrogen and oxygen atoms in total. The third-order valence-corrected chi connectivity index (χ3v) is 4.42. The van der Waals surface area contributed by atoms with E-state index in [0.29, 0.717) is 21.9 Å². The Morgan fingerprint density at radius 2 is 2.08 bits per heavy atom. The molecule has 0 radical (unpaired) electrons. The molecule has 2 aromatic heterocycles. The van der Waals surface area contributed by atoms with Crippen molar-refractivity contribution in [2.75, 3.05) is 19.5 Å². The van der Waals surface area contributed by atoms with Crippen LogP contribution in [0, 0.1) is 0 Å². The Hall–Kier alpha value is -2.80. The van der Waals surface area contributed by atoms with E-state index in [1.807, 2.05) is 12.1 Å². The first-order valence-electron chi connectivity index (χ1n) is 7.12. The Labute approximate surface area is 142 Å². The monoisotopic (exact) mass is 345 g/mol. The van der Waals surface area contributed by atoms with Crippen molar-refractivity contribution in [2.24, 2.45) is 0 Å². The Balaban J connectivity index is 1.76. The van der Waals surface area contributed by atoms with Crippen molar-refractivity contribution in [3.05, 3.63) is 46.3 Å². The molecule has 0 saturated heterocycles. The maximum atomic E-state index is 12.3. The van der Waals surface area contributed by atoms with Crippen molar-refractivity contribution in [2.45, 2.75) is 6.42 Å². The predicted molar refractivity (Wildman–Crippen MR) is 90.8 cm³/mol. The lowest BCUT2D eigenvalue weighted by Crippen LogP contribution is -2.15. The number of thiophene rings is 1. The number of carbonyl (C=O) groups is 2. The number of ether oxygens (including phenoxy) is 2. The molecule has 3 rings (SSSR count). The highest BCUT2D eigenvalue weighted by molar-refractivity contribution is 7.12. The van der Waals surface area contributed by atoms with Gasteiger partial charge in [-0.25, -0.2) is 4.79 Å². The van der Waals surface area contributed by atoms with Crippen molar-refractivity contribution >= 4 is 39.9 Å². The van der Waals surface area contributed by atoms with Crippen LogP contribution < -0.4 is 10.1 Å². The van der Waals surface area contributed by atoms with E-state index in [2.05, 4.69) is 5.32 Å². The second-order valence-corrected chi connectivity index (χ2v) is 5.92. The van der Waals surface area contributed by atoms with Gasteiger partial charge in [-0.3, -0.25) is 4.79 Å². The molecule has 1 amide bonds. The molecule has 0 aliphatic heterocycles. The summed E-state index contributed by atoms with van der Waals surface area (Å²) in [4.78, 5) is 24.3. The zero-order valence-corrected chi connectivity index (χ0v) is 13.9. The Bertz CT molecular complexity index is 895. The standard InChI is InChI=1S/C17H15NO5S/c1-21-11-3-4-12-10(9-23-14(12)8-11)7-15(19)18-13-5-6-24-16(13)17(20)22-2/h3-6,8-9H,7H2,1-2H3,(H,18,19). The Kier molecular flexibility index (Phi) is 4.52. The van der Waals surface area contributed by atoms with E-state index in [1.165, 1.54) is 18.4 Å². The zero-order valence-electron chi connectivity index (χ0n) is 13.1. The average Bonchev–Trinajstić information content (AvgIpc) is 3.21. The number of carbonyl (C=O) groups excluding carboxylic acids is 2. The van der Waals surface area contributed by atoms with Gasteiger partial charge in [-0.05, 0) is 23.6 Å². The normalized spacial score (nSPS) is 10.6. The minimum absolute atomic E-state index is 0.135. The van der Waals surface area contributed by atoms with Crippen LogP contribution in [-0.2, 0) is 16.0 Å². The SMILES string of the molecule is COC(=O)c1sccc1NC(=O)Cc1coc2cc(OC)ccc12. The van der Waals surface area contributed by atoms with Crippen molar-refractivity contribution < 1.29 is 23.5 Å². The molecule has 0 saturated carbocycles. The smallest absolute Gasteiger partial charge is 0.350 e. The number of esters is 1. The van der Waals surface area contributed by atoms with Crippen LogP contribution in [-0.4, -0.2) is 26.1 Å². The number of furan rings is 1. The molecule has 1 aromatic carbocycles. The summed E-state index contributed by atoms with van der Waals surface area (Å²) in [6.45, 7) is 0. The molecule has 0 aliphatic rings. The molecule has 0 unspecified atom stereocenters. The van der Waals surface area contributed by atoms with E-state index in [1.54, 1.807) is 30.9 Å². The predicted octanol–water partition coefficient (Wildman–Crippen LogP) is 3.47. The zero-order chi connectivity index (χ0) is 17.1. The fourth-order valence-corrected chi connectivity index (χ4v) is 3.12. The van der Waals surface area contributed by atoms with Gasteiger partial charge >= 0.3 is 5.97 Å². The van der Waals surface area contributed by atoms with Gasteiger partial charge in [0.1, 0.15) is 16.2 Å². The number of benzene rings is 1. The van der Waals surface area contributed by atoms with Gasteiger partial charge < -0.3 is 19.2 Å². The molecule has 0 aliphatic carbocycles. The summed E-state index contributed by atoms with van der Waals surface area (Å²) in [5.41, 5.74) is 1.87. The molecule has 3 aromatic rings. The van der Waals surface area contributed by atoms with Crippen LogP contribution in [0.1, 0.15) is 15.2 Å². The van der Waals surface area contributed by atoms with Crippen LogP contribution in [0.4, 0.5) is 5.69 Å². The summed E-state index contributed by atoms with van der Waals surface area (Å²) in [5, 5.41) is 5.31. The van der Waals surface area contributed by atoms with Crippen molar-refractivity contribution in [3.63, 3.8) is 0 Å².